The zero-order valence-electron chi connectivity index (χ0n) is 12.5. The van der Waals surface area contributed by atoms with Crippen molar-refractivity contribution in [3.05, 3.63) is 76.5 Å². The van der Waals surface area contributed by atoms with Crippen molar-refractivity contribution >= 4 is 33.6 Å². The molecule has 0 fully saturated rings. The maximum absolute atomic E-state index is 11.2. The van der Waals surface area contributed by atoms with Crippen LogP contribution in [0.15, 0.2) is 74.5 Å². The minimum atomic E-state index is 0.0460. The van der Waals surface area contributed by atoms with Gasteiger partial charge in [-0.25, -0.2) is 0 Å². The van der Waals surface area contributed by atoms with E-state index < -0.39 is 0 Å². The third kappa shape index (κ3) is 3.66. The smallest absolute Gasteiger partial charge is 0.159 e. The zero-order valence-corrected chi connectivity index (χ0v) is 14.1. The van der Waals surface area contributed by atoms with Gasteiger partial charge in [0.25, 0.3) is 0 Å². The first-order chi connectivity index (χ1) is 11.1. The molecular weight excluding hydrogens is 354 g/mol. The molecule has 0 atom stereocenters. The monoisotopic (exact) mass is 367 g/mol. The van der Waals surface area contributed by atoms with E-state index in [4.69, 9.17) is 4.42 Å². The van der Waals surface area contributed by atoms with Crippen LogP contribution in [0.4, 0.5) is 5.69 Å². The lowest BCUT2D eigenvalue weighted by Gasteiger charge is -1.99. The summed E-state index contributed by atoms with van der Waals surface area (Å²) in [6.45, 7) is 1.55. The molecule has 0 bridgehead atoms. The van der Waals surface area contributed by atoms with Crippen molar-refractivity contribution in [2.75, 3.05) is 0 Å². The molecule has 0 unspecified atom stereocenters. The number of hydrogen-bond acceptors (Lipinski definition) is 3. The summed E-state index contributed by atoms with van der Waals surface area (Å²) in [5, 5.41) is 0. The molecule has 0 aliphatic heterocycles. The highest BCUT2D eigenvalue weighted by Crippen LogP contribution is 2.29. The van der Waals surface area contributed by atoms with Gasteiger partial charge in [-0.3, -0.25) is 9.79 Å². The Morgan fingerprint density at radius 2 is 1.78 bits per heavy atom. The molecule has 114 valence electrons. The van der Waals surface area contributed by atoms with E-state index in [-0.39, 0.29) is 5.78 Å². The number of nitrogens with zero attached hydrogens (tertiary/aromatic N) is 1. The number of furan rings is 1. The Labute approximate surface area is 142 Å². The van der Waals surface area contributed by atoms with Crippen LogP contribution in [0, 0.1) is 0 Å². The molecule has 0 saturated carbocycles. The molecule has 3 aromatic rings. The molecular formula is C19H14BrNO2. The van der Waals surface area contributed by atoms with Gasteiger partial charge in [0.1, 0.15) is 11.5 Å². The Morgan fingerprint density at radius 3 is 2.48 bits per heavy atom. The van der Waals surface area contributed by atoms with Crippen LogP contribution in [0.1, 0.15) is 23.0 Å². The van der Waals surface area contributed by atoms with Crippen LogP contribution in [0.3, 0.4) is 0 Å². The van der Waals surface area contributed by atoms with Crippen LogP contribution in [0.2, 0.25) is 0 Å². The van der Waals surface area contributed by atoms with E-state index >= 15 is 0 Å². The Kier molecular flexibility index (Phi) is 4.53. The number of rotatable bonds is 4. The van der Waals surface area contributed by atoms with Gasteiger partial charge in [0.05, 0.1) is 11.9 Å². The number of hydrogen-bond donors (Lipinski definition) is 0. The summed E-state index contributed by atoms with van der Waals surface area (Å²) in [6.07, 6.45) is 1.67. The van der Waals surface area contributed by atoms with E-state index in [1.807, 2.05) is 48.5 Å². The molecule has 0 spiro atoms. The summed E-state index contributed by atoms with van der Waals surface area (Å²) in [5.41, 5.74) is 2.45. The number of ketones is 1. The fourth-order valence-electron chi connectivity index (χ4n) is 2.15. The second-order valence-electron chi connectivity index (χ2n) is 5.04. The number of carbonyl (C=O) groups excluding carboxylic acids is 1. The van der Waals surface area contributed by atoms with Gasteiger partial charge in [-0.15, -0.1) is 0 Å². The van der Waals surface area contributed by atoms with Crippen molar-refractivity contribution < 1.29 is 9.21 Å². The van der Waals surface area contributed by atoms with E-state index in [2.05, 4.69) is 20.9 Å². The normalized spacial score (nSPS) is 11.0. The quantitative estimate of drug-likeness (QED) is 0.440. The van der Waals surface area contributed by atoms with Crippen LogP contribution in [0.25, 0.3) is 11.3 Å². The highest BCUT2D eigenvalue weighted by atomic mass is 79.9. The maximum Gasteiger partial charge on any atom is 0.159 e. The highest BCUT2D eigenvalue weighted by Gasteiger charge is 2.06. The molecule has 23 heavy (non-hydrogen) atoms. The first-order valence-electron chi connectivity index (χ1n) is 7.13. The lowest BCUT2D eigenvalue weighted by Crippen LogP contribution is -1.89. The number of aliphatic imine (C=N–C) groups is 1. The topological polar surface area (TPSA) is 42.6 Å². The number of halogens is 1. The van der Waals surface area contributed by atoms with Crippen molar-refractivity contribution in [2.24, 2.45) is 4.99 Å². The SMILES string of the molecule is CC(=O)c1ccc(N=Cc2ccc(-c3ccccc3Br)o2)cc1. The van der Waals surface area contributed by atoms with E-state index in [9.17, 15) is 4.79 Å². The molecule has 0 N–H and O–H groups in total. The molecule has 0 amide bonds. The number of benzene rings is 2. The Bertz CT molecular complexity index is 863. The lowest BCUT2D eigenvalue weighted by atomic mass is 10.1. The number of Topliss-reactive ketones (excluding diaryl/α,β-unsaturated/α-hetero) is 1. The Morgan fingerprint density at radius 1 is 1.04 bits per heavy atom. The first kappa shape index (κ1) is 15.4. The Balaban J connectivity index is 1.79. The second-order valence-corrected chi connectivity index (χ2v) is 5.90. The maximum atomic E-state index is 11.2. The van der Waals surface area contributed by atoms with Crippen LogP contribution in [0.5, 0.6) is 0 Å². The average molecular weight is 368 g/mol. The van der Waals surface area contributed by atoms with Crippen LogP contribution in [-0.2, 0) is 0 Å². The number of carbonyl (C=O) groups is 1. The van der Waals surface area contributed by atoms with Crippen molar-refractivity contribution in [1.29, 1.82) is 0 Å². The van der Waals surface area contributed by atoms with E-state index in [0.29, 0.717) is 11.3 Å². The average Bonchev–Trinajstić information content (AvgIpc) is 3.02. The van der Waals surface area contributed by atoms with Crippen molar-refractivity contribution in [3.63, 3.8) is 0 Å². The molecule has 1 aromatic heterocycles. The van der Waals surface area contributed by atoms with Crippen molar-refractivity contribution in [2.45, 2.75) is 6.92 Å². The fourth-order valence-corrected chi connectivity index (χ4v) is 2.63. The standard InChI is InChI=1S/C19H14BrNO2/c1-13(22)14-6-8-15(9-7-14)21-12-16-10-11-19(23-16)17-4-2-3-5-18(17)20/h2-12H,1H3. The summed E-state index contributed by atoms with van der Waals surface area (Å²) < 4.78 is 6.78. The second kappa shape index (κ2) is 6.75. The third-order valence-electron chi connectivity index (χ3n) is 3.38. The third-order valence-corrected chi connectivity index (χ3v) is 4.07. The minimum absolute atomic E-state index is 0.0460. The first-order valence-corrected chi connectivity index (χ1v) is 7.92. The van der Waals surface area contributed by atoms with Gasteiger partial charge in [-0.2, -0.15) is 0 Å². The zero-order chi connectivity index (χ0) is 16.2. The van der Waals surface area contributed by atoms with Crippen LogP contribution >= 0.6 is 15.9 Å². The van der Waals surface area contributed by atoms with E-state index in [1.165, 1.54) is 0 Å². The van der Waals surface area contributed by atoms with Crippen LogP contribution in [-0.4, -0.2) is 12.0 Å². The van der Waals surface area contributed by atoms with Gasteiger partial charge in [0, 0.05) is 15.6 Å². The molecule has 0 aliphatic carbocycles. The highest BCUT2D eigenvalue weighted by molar-refractivity contribution is 9.10. The molecule has 0 radical (unpaired) electrons. The minimum Gasteiger partial charge on any atom is -0.455 e. The predicted molar refractivity (Wildman–Crippen MR) is 95.5 cm³/mol. The summed E-state index contributed by atoms with van der Waals surface area (Å²) in [4.78, 5) is 15.6. The largest absolute Gasteiger partial charge is 0.455 e. The van der Waals surface area contributed by atoms with Gasteiger partial charge in [-0.1, -0.05) is 34.1 Å². The molecule has 0 aliphatic rings. The van der Waals surface area contributed by atoms with E-state index in [1.54, 1.807) is 25.3 Å². The summed E-state index contributed by atoms with van der Waals surface area (Å²) in [7, 11) is 0. The van der Waals surface area contributed by atoms with Crippen molar-refractivity contribution in [1.82, 2.24) is 0 Å². The molecule has 4 heteroatoms. The van der Waals surface area contributed by atoms with Crippen LogP contribution < -0.4 is 0 Å². The molecule has 3 nitrogen and oxygen atoms in total. The summed E-state index contributed by atoms with van der Waals surface area (Å²) in [5.74, 6) is 1.50. The summed E-state index contributed by atoms with van der Waals surface area (Å²) >= 11 is 3.52. The van der Waals surface area contributed by atoms with Gasteiger partial charge < -0.3 is 4.42 Å². The fraction of sp³-hybridized carbons (Fsp3) is 0.0526. The molecule has 2 aromatic carbocycles. The molecule has 3 rings (SSSR count). The van der Waals surface area contributed by atoms with Gasteiger partial charge >= 0.3 is 0 Å². The summed E-state index contributed by atoms with van der Waals surface area (Å²) in [6, 6.07) is 18.8. The van der Waals surface area contributed by atoms with Gasteiger partial charge in [0.15, 0.2) is 5.78 Å². The lowest BCUT2D eigenvalue weighted by molar-refractivity contribution is 0.101. The molecule has 1 heterocycles. The Hall–Kier alpha value is -2.46. The van der Waals surface area contributed by atoms with Gasteiger partial charge in [-0.05, 0) is 49.4 Å². The van der Waals surface area contributed by atoms with Crippen molar-refractivity contribution in [3.8, 4) is 11.3 Å². The predicted octanol–water partition coefficient (Wildman–Crippen LogP) is 5.66. The molecule has 0 saturated heterocycles. The van der Waals surface area contributed by atoms with Gasteiger partial charge in [0.2, 0.25) is 0 Å². The van der Waals surface area contributed by atoms with E-state index in [0.717, 1.165) is 21.5 Å².